The lowest BCUT2D eigenvalue weighted by molar-refractivity contribution is 1.29. The van der Waals surface area contributed by atoms with E-state index >= 15 is 0 Å². The number of fused-ring (bicyclic) bond motifs is 5. The van der Waals surface area contributed by atoms with Crippen LogP contribution in [0.25, 0.3) is 54.4 Å². The Kier molecular flexibility index (Phi) is 5.22. The topological polar surface area (TPSA) is 31.4 Å². The van der Waals surface area contributed by atoms with Gasteiger partial charge in [-0.3, -0.25) is 0 Å². The Labute approximate surface area is 226 Å². The number of benzene rings is 6. The Morgan fingerprint density at radius 3 is 2.38 bits per heavy atom. The molecule has 6 aromatic carbocycles. The normalized spacial score (nSPS) is 12.6. The number of anilines is 3. The minimum atomic E-state index is 0.0677. The maximum atomic E-state index is 9.08. The predicted octanol–water partition coefficient (Wildman–Crippen LogP) is 9.94. The minimum Gasteiger partial charge on any atom is -0.309 e. The maximum Gasteiger partial charge on any atom is 0.261 e. The molecule has 0 N–H and O–H groups in total. The Morgan fingerprint density at radius 1 is 0.718 bits per heavy atom. The van der Waals surface area contributed by atoms with Gasteiger partial charge in [0, 0.05) is 16.6 Å². The van der Waals surface area contributed by atoms with Gasteiger partial charge in [0.15, 0.2) is 0 Å². The highest BCUT2D eigenvalue weighted by Crippen LogP contribution is 2.51. The predicted molar refractivity (Wildman–Crippen MR) is 162 cm³/mol. The monoisotopic (exact) mass is 495 g/mol. The van der Waals surface area contributed by atoms with E-state index in [9.17, 15) is 0 Å². The van der Waals surface area contributed by atoms with Crippen molar-refractivity contribution in [1.29, 1.82) is 5.26 Å². The number of allylic oxidation sites excluding steroid dienone is 3. The first-order valence-electron chi connectivity index (χ1n) is 12.8. The molecule has 39 heavy (non-hydrogen) atoms. The molecule has 6 aromatic rings. The molecule has 7 rings (SSSR count). The third kappa shape index (κ3) is 3.57. The Balaban J connectivity index is 1.46. The Hall–Kier alpha value is -5.64. The van der Waals surface area contributed by atoms with E-state index in [4.69, 9.17) is 11.8 Å². The molecule has 0 radical (unpaired) electrons. The molecule has 0 saturated carbocycles. The maximum absolute atomic E-state index is 9.08. The van der Waals surface area contributed by atoms with E-state index in [1.165, 1.54) is 38.1 Å². The summed E-state index contributed by atoms with van der Waals surface area (Å²) in [6.45, 7) is 7.12. The van der Waals surface area contributed by atoms with E-state index in [2.05, 4.69) is 119 Å². The molecule has 0 amide bonds. The average molecular weight is 496 g/mol. The molecule has 0 fully saturated rings. The van der Waals surface area contributed by atoms with Crippen LogP contribution in [-0.2, 0) is 0 Å². The van der Waals surface area contributed by atoms with E-state index in [-0.39, 0.29) is 5.70 Å². The molecule has 3 heteroatoms. The molecule has 0 atom stereocenters. The van der Waals surface area contributed by atoms with Crippen molar-refractivity contribution < 1.29 is 0 Å². The molecular formula is C36H21N3. The minimum absolute atomic E-state index is 0.0677. The lowest BCUT2D eigenvalue weighted by Crippen LogP contribution is -2.15. The summed E-state index contributed by atoms with van der Waals surface area (Å²) >= 11 is 0. The fourth-order valence-corrected chi connectivity index (χ4v) is 5.75. The van der Waals surface area contributed by atoms with Gasteiger partial charge in [-0.25, -0.2) is 10.1 Å². The van der Waals surface area contributed by atoms with Crippen molar-refractivity contribution in [3.63, 3.8) is 0 Å². The van der Waals surface area contributed by atoms with Crippen LogP contribution in [0.2, 0.25) is 0 Å². The van der Waals surface area contributed by atoms with Gasteiger partial charge in [-0.15, -0.1) is 0 Å². The first-order valence-corrected chi connectivity index (χ1v) is 12.8. The molecule has 0 saturated heterocycles. The van der Waals surface area contributed by atoms with E-state index in [1.54, 1.807) is 12.2 Å². The van der Waals surface area contributed by atoms with Crippen LogP contribution in [-0.4, -0.2) is 0 Å². The quantitative estimate of drug-likeness (QED) is 0.106. The van der Waals surface area contributed by atoms with E-state index in [1.807, 2.05) is 12.1 Å². The van der Waals surface area contributed by atoms with Crippen molar-refractivity contribution in [3.05, 3.63) is 144 Å². The summed E-state index contributed by atoms with van der Waals surface area (Å²) in [5, 5.41) is 16.4. The highest BCUT2D eigenvalue weighted by atomic mass is 15.2. The summed E-state index contributed by atoms with van der Waals surface area (Å²) in [4.78, 5) is 5.61. The van der Waals surface area contributed by atoms with Gasteiger partial charge in [0.05, 0.1) is 24.0 Å². The molecule has 1 aliphatic heterocycles. The zero-order valence-corrected chi connectivity index (χ0v) is 21.0. The molecule has 1 heterocycles. The SMILES string of the molecule is [C-]#[N+]/C(C#N)=C\C=C\c1ccc2c3c(cccc13)-c1ccccc1N2c1ccc2c(ccc3ccccc32)c1. The van der Waals surface area contributed by atoms with E-state index in [0.717, 1.165) is 28.0 Å². The van der Waals surface area contributed by atoms with Crippen LogP contribution < -0.4 is 4.90 Å². The van der Waals surface area contributed by atoms with Crippen LogP contribution in [0.3, 0.4) is 0 Å². The fraction of sp³-hybridized carbons (Fsp3) is 0. The molecule has 3 nitrogen and oxygen atoms in total. The van der Waals surface area contributed by atoms with Gasteiger partial charge in [0.1, 0.15) is 0 Å². The van der Waals surface area contributed by atoms with Crippen LogP contribution in [0.4, 0.5) is 17.1 Å². The molecule has 1 aliphatic rings. The Morgan fingerprint density at radius 2 is 1.49 bits per heavy atom. The van der Waals surface area contributed by atoms with E-state index < -0.39 is 0 Å². The number of rotatable bonds is 3. The molecule has 0 aromatic heterocycles. The van der Waals surface area contributed by atoms with Gasteiger partial charge in [0.2, 0.25) is 0 Å². The van der Waals surface area contributed by atoms with Gasteiger partial charge in [-0.05, 0) is 68.4 Å². The van der Waals surface area contributed by atoms with E-state index in [0.29, 0.717) is 0 Å². The molecule has 0 unspecified atom stereocenters. The highest BCUT2D eigenvalue weighted by Gasteiger charge is 2.26. The molecule has 0 spiro atoms. The lowest BCUT2D eigenvalue weighted by Gasteiger charge is -2.34. The third-order valence-corrected chi connectivity index (χ3v) is 7.48. The van der Waals surface area contributed by atoms with Crippen LogP contribution in [0, 0.1) is 17.9 Å². The lowest BCUT2D eigenvalue weighted by atomic mass is 9.89. The second-order valence-electron chi connectivity index (χ2n) is 9.58. The Bertz CT molecular complexity index is 2090. The zero-order valence-electron chi connectivity index (χ0n) is 21.0. The number of hydrogen-bond acceptors (Lipinski definition) is 2. The summed E-state index contributed by atoms with van der Waals surface area (Å²) in [7, 11) is 0. The van der Waals surface area contributed by atoms with Gasteiger partial charge in [0.25, 0.3) is 5.70 Å². The number of hydrogen-bond donors (Lipinski definition) is 0. The van der Waals surface area contributed by atoms with Crippen LogP contribution >= 0.6 is 0 Å². The second kappa shape index (κ2) is 9.03. The van der Waals surface area contributed by atoms with Crippen molar-refractivity contribution in [2.75, 3.05) is 4.90 Å². The van der Waals surface area contributed by atoms with Crippen LogP contribution in [0.15, 0.2) is 127 Å². The first kappa shape index (κ1) is 22.5. The van der Waals surface area contributed by atoms with Crippen molar-refractivity contribution in [1.82, 2.24) is 0 Å². The summed E-state index contributed by atoms with van der Waals surface area (Å²) < 4.78 is 0. The fourth-order valence-electron chi connectivity index (χ4n) is 5.75. The van der Waals surface area contributed by atoms with Crippen LogP contribution in [0.1, 0.15) is 5.56 Å². The first-order chi connectivity index (χ1) is 19.3. The number of nitriles is 1. The highest BCUT2D eigenvalue weighted by molar-refractivity contribution is 6.16. The largest absolute Gasteiger partial charge is 0.309 e. The smallest absolute Gasteiger partial charge is 0.261 e. The standard InChI is InChI=1S/C36H21N3/c1-38-27(23-37)10-6-9-25-18-21-35-36-31(25)13-7-14-33(36)32-12-4-5-15-34(32)39(35)28-19-20-30-26(22-28)17-16-24-8-2-3-11-29(24)30/h2-22H/b9-6+,27-10-. The summed E-state index contributed by atoms with van der Waals surface area (Å²) in [6.07, 6.45) is 5.31. The third-order valence-electron chi connectivity index (χ3n) is 7.48. The zero-order chi connectivity index (χ0) is 26.3. The summed E-state index contributed by atoms with van der Waals surface area (Å²) in [5.41, 5.74) is 6.89. The summed E-state index contributed by atoms with van der Waals surface area (Å²) in [5.74, 6) is 0. The molecule has 180 valence electrons. The number of para-hydroxylation sites is 1. The van der Waals surface area contributed by atoms with Crippen molar-refractivity contribution in [2.24, 2.45) is 0 Å². The van der Waals surface area contributed by atoms with Gasteiger partial charge in [-0.2, -0.15) is 0 Å². The van der Waals surface area contributed by atoms with Crippen molar-refractivity contribution in [3.8, 4) is 17.2 Å². The molecule has 0 bridgehead atoms. The van der Waals surface area contributed by atoms with Crippen LogP contribution in [0.5, 0.6) is 0 Å². The van der Waals surface area contributed by atoms with Gasteiger partial charge < -0.3 is 4.90 Å². The van der Waals surface area contributed by atoms with Gasteiger partial charge in [-0.1, -0.05) is 97.1 Å². The van der Waals surface area contributed by atoms with Crippen molar-refractivity contribution in [2.45, 2.75) is 0 Å². The molecular weight excluding hydrogens is 474 g/mol. The summed E-state index contributed by atoms with van der Waals surface area (Å²) in [6, 6.07) is 40.9. The van der Waals surface area contributed by atoms with Crippen molar-refractivity contribution >= 4 is 55.5 Å². The molecule has 0 aliphatic carbocycles. The van der Waals surface area contributed by atoms with Gasteiger partial charge >= 0.3 is 0 Å². The second-order valence-corrected chi connectivity index (χ2v) is 9.58. The average Bonchev–Trinajstić information content (AvgIpc) is 3.00. The number of nitrogens with zero attached hydrogens (tertiary/aromatic N) is 3.